The highest BCUT2D eigenvalue weighted by Gasteiger charge is 2.24. The van der Waals surface area contributed by atoms with Gasteiger partial charge in [0.15, 0.2) is 0 Å². The van der Waals surface area contributed by atoms with Crippen LogP contribution < -0.4 is 9.80 Å². The predicted octanol–water partition coefficient (Wildman–Crippen LogP) is 5.54. The van der Waals surface area contributed by atoms with Crippen LogP contribution in [0.3, 0.4) is 0 Å². The van der Waals surface area contributed by atoms with Gasteiger partial charge in [-0.05, 0) is 87.1 Å². The second kappa shape index (κ2) is 7.98. The van der Waals surface area contributed by atoms with Crippen molar-refractivity contribution in [1.82, 2.24) is 4.57 Å². The Kier molecular flexibility index (Phi) is 5.40. The van der Waals surface area contributed by atoms with Crippen LogP contribution in [0.5, 0.6) is 0 Å². The van der Waals surface area contributed by atoms with Crippen LogP contribution in [-0.2, 0) is 12.8 Å². The van der Waals surface area contributed by atoms with Crippen molar-refractivity contribution in [2.45, 2.75) is 45.6 Å². The van der Waals surface area contributed by atoms with E-state index in [1.807, 2.05) is 0 Å². The largest absolute Gasteiger partial charge is 0.378 e. The van der Waals surface area contributed by atoms with Crippen molar-refractivity contribution in [2.75, 3.05) is 30.9 Å². The number of hydrogen-bond acceptors (Lipinski definition) is 2. The summed E-state index contributed by atoms with van der Waals surface area (Å²) in [4.78, 5) is 4.70. The smallest absolute Gasteiger partial charge is 0.0455 e. The van der Waals surface area contributed by atoms with Crippen LogP contribution in [0.1, 0.15) is 35.4 Å². The Morgan fingerprint density at radius 1 is 1.00 bits per heavy atom. The summed E-state index contributed by atoms with van der Waals surface area (Å²) in [6, 6.07) is 20.6. The molecule has 0 saturated carbocycles. The van der Waals surface area contributed by atoms with Gasteiger partial charge in [-0.25, -0.2) is 0 Å². The van der Waals surface area contributed by atoms with Gasteiger partial charge < -0.3 is 14.4 Å². The lowest BCUT2D eigenvalue weighted by Crippen LogP contribution is -2.36. The normalized spacial score (nSPS) is 16.0. The Balaban J connectivity index is 1.49. The van der Waals surface area contributed by atoms with Gasteiger partial charge in [0.05, 0.1) is 0 Å². The maximum atomic E-state index is 2.51. The first kappa shape index (κ1) is 19.6. The molecule has 2 heterocycles. The van der Waals surface area contributed by atoms with Gasteiger partial charge in [-0.2, -0.15) is 0 Å². The molecule has 3 nitrogen and oxygen atoms in total. The van der Waals surface area contributed by atoms with Gasteiger partial charge in [0.1, 0.15) is 0 Å². The van der Waals surface area contributed by atoms with Crippen LogP contribution in [0, 0.1) is 13.8 Å². The molecule has 152 valence electrons. The van der Waals surface area contributed by atoms with Crippen LogP contribution in [0.2, 0.25) is 0 Å². The molecule has 4 rings (SSSR count). The van der Waals surface area contributed by atoms with Crippen LogP contribution >= 0.6 is 0 Å². The van der Waals surface area contributed by atoms with E-state index in [0.29, 0.717) is 6.04 Å². The van der Waals surface area contributed by atoms with E-state index < -0.39 is 0 Å². The predicted molar refractivity (Wildman–Crippen MR) is 125 cm³/mol. The van der Waals surface area contributed by atoms with Gasteiger partial charge in [-0.1, -0.05) is 18.2 Å². The fourth-order valence-corrected chi connectivity index (χ4v) is 4.82. The number of benzene rings is 2. The second-order valence-electron chi connectivity index (χ2n) is 8.62. The first-order valence-electron chi connectivity index (χ1n) is 10.7. The van der Waals surface area contributed by atoms with Crippen molar-refractivity contribution in [3.63, 3.8) is 0 Å². The van der Waals surface area contributed by atoms with E-state index in [4.69, 9.17) is 0 Å². The van der Waals surface area contributed by atoms with Gasteiger partial charge in [0.2, 0.25) is 0 Å². The van der Waals surface area contributed by atoms with Gasteiger partial charge in [0.25, 0.3) is 0 Å². The molecular weight excluding hydrogens is 354 g/mol. The number of nitrogens with zero attached hydrogens (tertiary/aromatic N) is 3. The lowest BCUT2D eigenvalue weighted by molar-refractivity contribution is 0.520. The maximum Gasteiger partial charge on any atom is 0.0455 e. The molecule has 1 unspecified atom stereocenters. The van der Waals surface area contributed by atoms with Gasteiger partial charge >= 0.3 is 0 Å². The Bertz CT molecular complexity index is 985. The number of para-hydroxylation sites is 1. The maximum absolute atomic E-state index is 2.51. The molecule has 0 radical (unpaired) electrons. The number of hydrogen-bond donors (Lipinski definition) is 0. The van der Waals surface area contributed by atoms with Crippen LogP contribution in [-0.4, -0.2) is 31.8 Å². The molecule has 2 aromatic carbocycles. The molecule has 0 saturated heterocycles. The van der Waals surface area contributed by atoms with Gasteiger partial charge in [0, 0.05) is 55.6 Å². The Labute approximate surface area is 175 Å². The third-order valence-corrected chi connectivity index (χ3v) is 6.55. The average Bonchev–Trinajstić information content (AvgIpc) is 3.01. The molecule has 0 N–H and O–H groups in total. The third kappa shape index (κ3) is 3.78. The van der Waals surface area contributed by atoms with Gasteiger partial charge in [-0.15, -0.1) is 0 Å². The molecule has 1 aliphatic heterocycles. The summed E-state index contributed by atoms with van der Waals surface area (Å²) in [7, 11) is 6.50. The van der Waals surface area contributed by atoms with E-state index in [1.54, 1.807) is 0 Å². The van der Waals surface area contributed by atoms with E-state index in [0.717, 1.165) is 6.42 Å². The van der Waals surface area contributed by atoms with E-state index in [-0.39, 0.29) is 0 Å². The topological polar surface area (TPSA) is 11.4 Å². The molecule has 0 amide bonds. The van der Waals surface area contributed by atoms with Gasteiger partial charge in [-0.3, -0.25) is 0 Å². The lowest BCUT2D eigenvalue weighted by Gasteiger charge is -2.37. The minimum Gasteiger partial charge on any atom is -0.378 e. The number of aryl methyl sites for hydroxylation is 3. The van der Waals surface area contributed by atoms with Crippen molar-refractivity contribution in [3.05, 3.63) is 77.1 Å². The second-order valence-corrected chi connectivity index (χ2v) is 8.62. The molecule has 1 atom stereocenters. The summed E-state index contributed by atoms with van der Waals surface area (Å²) in [6.07, 6.45) is 4.74. The van der Waals surface area contributed by atoms with Crippen LogP contribution in [0.15, 0.2) is 54.6 Å². The fraction of sp³-hybridized carbons (Fsp3) is 0.385. The van der Waals surface area contributed by atoms with Crippen molar-refractivity contribution in [2.24, 2.45) is 0 Å². The average molecular weight is 388 g/mol. The first-order valence-corrected chi connectivity index (χ1v) is 10.7. The van der Waals surface area contributed by atoms with Crippen molar-refractivity contribution in [3.8, 4) is 5.69 Å². The first-order chi connectivity index (χ1) is 14.0. The summed E-state index contributed by atoms with van der Waals surface area (Å²) >= 11 is 0. The van der Waals surface area contributed by atoms with Crippen molar-refractivity contribution in [1.29, 1.82) is 0 Å². The van der Waals surface area contributed by atoms with E-state index in [9.17, 15) is 0 Å². The molecule has 0 spiro atoms. The molecule has 3 heteroatoms. The summed E-state index contributed by atoms with van der Waals surface area (Å²) in [5, 5.41) is 0. The molecule has 0 fully saturated rings. The zero-order chi connectivity index (χ0) is 20.5. The minimum atomic E-state index is 0.604. The molecular formula is C26H33N3. The number of fused-ring (bicyclic) bond motifs is 1. The molecule has 3 aromatic rings. The molecule has 0 bridgehead atoms. The molecule has 29 heavy (non-hydrogen) atoms. The number of rotatable bonds is 5. The lowest BCUT2D eigenvalue weighted by atomic mass is 9.92. The van der Waals surface area contributed by atoms with Crippen LogP contribution in [0.25, 0.3) is 5.69 Å². The van der Waals surface area contributed by atoms with Crippen molar-refractivity contribution < 1.29 is 0 Å². The van der Waals surface area contributed by atoms with Crippen LogP contribution in [0.4, 0.5) is 11.4 Å². The highest BCUT2D eigenvalue weighted by molar-refractivity contribution is 5.63. The quantitative estimate of drug-likeness (QED) is 0.569. The summed E-state index contributed by atoms with van der Waals surface area (Å²) < 4.78 is 2.39. The Morgan fingerprint density at radius 3 is 2.48 bits per heavy atom. The monoisotopic (exact) mass is 387 g/mol. The number of aromatic nitrogens is 1. The highest BCUT2D eigenvalue weighted by Crippen LogP contribution is 2.34. The fourth-order valence-electron chi connectivity index (χ4n) is 4.82. The van der Waals surface area contributed by atoms with E-state index in [2.05, 4.69) is 104 Å². The molecule has 1 aliphatic rings. The van der Waals surface area contributed by atoms with E-state index >= 15 is 0 Å². The summed E-state index contributed by atoms with van der Waals surface area (Å²) in [6.45, 7) is 4.48. The third-order valence-electron chi connectivity index (χ3n) is 6.55. The summed E-state index contributed by atoms with van der Waals surface area (Å²) in [5.41, 5.74) is 9.62. The van der Waals surface area contributed by atoms with Crippen molar-refractivity contribution >= 4 is 11.4 Å². The number of anilines is 2. The zero-order valence-electron chi connectivity index (χ0n) is 18.4. The zero-order valence-corrected chi connectivity index (χ0v) is 18.4. The standard InChI is InChI=1S/C26H33N3/c1-19-17-21(20(2)29(19)24-9-7-6-8-10-24)11-13-23-14-12-22-18-25(27(3)4)15-16-26(22)28(23)5/h6-10,15-18,23H,11-14H2,1-5H3. The SMILES string of the molecule is Cc1cc(CCC2CCc3cc(N(C)C)ccc3N2C)c(C)n1-c1ccccc1. The molecule has 1 aromatic heterocycles. The highest BCUT2D eigenvalue weighted by atomic mass is 15.1. The Hall–Kier alpha value is -2.68. The summed E-state index contributed by atoms with van der Waals surface area (Å²) in [5.74, 6) is 0. The minimum absolute atomic E-state index is 0.604. The Morgan fingerprint density at radius 2 is 1.76 bits per heavy atom. The van der Waals surface area contributed by atoms with E-state index in [1.165, 1.54) is 58.8 Å². The molecule has 0 aliphatic carbocycles.